The van der Waals surface area contributed by atoms with Crippen LogP contribution in [0.3, 0.4) is 0 Å². The van der Waals surface area contributed by atoms with Gasteiger partial charge in [-0.1, -0.05) is 19.6 Å². The summed E-state index contributed by atoms with van der Waals surface area (Å²) in [5, 5.41) is 8.90. The van der Waals surface area contributed by atoms with Crippen molar-refractivity contribution in [3.05, 3.63) is 42.1 Å². The summed E-state index contributed by atoms with van der Waals surface area (Å²) in [5.41, 5.74) is 14.0. The summed E-state index contributed by atoms with van der Waals surface area (Å²) >= 11 is 0. The Labute approximate surface area is 203 Å². The van der Waals surface area contributed by atoms with Gasteiger partial charge in [0.2, 0.25) is 5.91 Å². The van der Waals surface area contributed by atoms with Crippen LogP contribution in [0.15, 0.2) is 41.5 Å². The van der Waals surface area contributed by atoms with E-state index in [1.165, 1.54) is 0 Å². The normalized spacial score (nSPS) is 27.8. The number of aromatic nitrogens is 1. The minimum Gasteiger partial charge on any atom is -0.353 e. The number of rotatable bonds is 5. The van der Waals surface area contributed by atoms with E-state index in [4.69, 9.17) is 5.73 Å². The van der Waals surface area contributed by atoms with Crippen LogP contribution in [0, 0.1) is 11.8 Å². The van der Waals surface area contributed by atoms with Gasteiger partial charge in [0, 0.05) is 34.6 Å². The number of nitrogens with zero attached hydrogens (tertiary/aromatic N) is 2. The van der Waals surface area contributed by atoms with Crippen molar-refractivity contribution in [1.29, 1.82) is 0 Å². The molecule has 34 heavy (non-hydrogen) atoms. The number of hydrogen-bond donors (Lipinski definition) is 4. The smallest absolute Gasteiger partial charge is 0.231 e. The first-order valence-electron chi connectivity index (χ1n) is 12.6. The Kier molecular flexibility index (Phi) is 7.43. The Morgan fingerprint density at radius 3 is 2.76 bits per heavy atom. The van der Waals surface area contributed by atoms with Crippen molar-refractivity contribution in [3.8, 4) is 0 Å². The van der Waals surface area contributed by atoms with Gasteiger partial charge in [-0.15, -0.1) is 0 Å². The van der Waals surface area contributed by atoms with Crippen molar-refractivity contribution in [3.63, 3.8) is 0 Å². The molecule has 1 fully saturated rings. The second-order valence-corrected chi connectivity index (χ2v) is 10.6. The standard InChI is InChI=1S/C27H40N6O/c1-18-5-7-20(8-6-18)26(34)33(17-29-4)22-10-9-21-15-24(31-23(21)16-22)25-19(2)11-12-27(3,28)13-14-30-32-25/h9-10,15-16,18,20,29-31H,2,5-8,11-14,17,28H2,1,3-4H3/b32-25+. The number of carbonyl (C=O) groups excluding carboxylic acids is 1. The van der Waals surface area contributed by atoms with Crippen molar-refractivity contribution in [1.82, 2.24) is 15.7 Å². The third-order valence-electron chi connectivity index (χ3n) is 7.45. The topological polar surface area (TPSA) is 98.5 Å². The lowest BCUT2D eigenvalue weighted by atomic mass is 9.82. The molecule has 1 aromatic heterocycles. The number of aromatic amines is 1. The molecule has 0 saturated heterocycles. The fourth-order valence-corrected chi connectivity index (χ4v) is 5.08. The van der Waals surface area contributed by atoms with Crippen molar-refractivity contribution < 1.29 is 4.79 Å². The minimum absolute atomic E-state index is 0.107. The Morgan fingerprint density at radius 1 is 1.26 bits per heavy atom. The van der Waals surface area contributed by atoms with Crippen molar-refractivity contribution in [2.45, 2.75) is 64.3 Å². The predicted molar refractivity (Wildman–Crippen MR) is 141 cm³/mol. The highest BCUT2D eigenvalue weighted by molar-refractivity contribution is 6.13. The largest absolute Gasteiger partial charge is 0.353 e. The summed E-state index contributed by atoms with van der Waals surface area (Å²) in [6, 6.07) is 8.30. The molecular weight excluding hydrogens is 424 g/mol. The van der Waals surface area contributed by atoms with Crippen LogP contribution in [0.2, 0.25) is 0 Å². The summed E-state index contributed by atoms with van der Waals surface area (Å²) in [5.74, 6) is 1.05. The second-order valence-electron chi connectivity index (χ2n) is 10.6. The molecular formula is C27H40N6O. The molecule has 1 amide bonds. The third kappa shape index (κ3) is 5.53. The maximum atomic E-state index is 13.4. The molecule has 2 aliphatic rings. The van der Waals surface area contributed by atoms with E-state index in [-0.39, 0.29) is 17.4 Å². The van der Waals surface area contributed by atoms with Crippen molar-refractivity contribution >= 4 is 28.2 Å². The molecule has 7 nitrogen and oxygen atoms in total. The molecule has 4 rings (SSSR count). The molecule has 2 aromatic rings. The van der Waals surface area contributed by atoms with E-state index in [1.54, 1.807) is 0 Å². The van der Waals surface area contributed by atoms with E-state index in [0.717, 1.165) is 91.0 Å². The summed E-state index contributed by atoms with van der Waals surface area (Å²) < 4.78 is 0. The second kappa shape index (κ2) is 10.3. The van der Waals surface area contributed by atoms with E-state index < -0.39 is 0 Å². The van der Waals surface area contributed by atoms with Crippen LogP contribution < -0.4 is 21.4 Å². The van der Waals surface area contributed by atoms with Gasteiger partial charge < -0.3 is 21.5 Å². The fourth-order valence-electron chi connectivity index (χ4n) is 5.08. The first-order chi connectivity index (χ1) is 16.3. The molecule has 5 N–H and O–H groups in total. The quantitative estimate of drug-likeness (QED) is 0.497. The lowest BCUT2D eigenvalue weighted by Crippen LogP contribution is -2.42. The Balaban J connectivity index is 1.59. The van der Waals surface area contributed by atoms with E-state index in [1.807, 2.05) is 18.0 Å². The van der Waals surface area contributed by atoms with Crippen molar-refractivity contribution in [2.24, 2.45) is 22.7 Å². The molecule has 1 saturated carbocycles. The van der Waals surface area contributed by atoms with Gasteiger partial charge in [0.05, 0.1) is 12.4 Å². The molecule has 1 unspecified atom stereocenters. The van der Waals surface area contributed by atoms with E-state index in [9.17, 15) is 4.79 Å². The van der Waals surface area contributed by atoms with Gasteiger partial charge in [-0.05, 0) is 88.6 Å². The number of carbonyl (C=O) groups is 1. The van der Waals surface area contributed by atoms with Gasteiger partial charge in [0.15, 0.2) is 0 Å². The Bertz CT molecular complexity index is 1060. The zero-order valence-corrected chi connectivity index (χ0v) is 20.9. The van der Waals surface area contributed by atoms with Crippen LogP contribution in [0.25, 0.3) is 10.9 Å². The number of anilines is 1. The van der Waals surface area contributed by atoms with Gasteiger partial charge in [0.25, 0.3) is 0 Å². The van der Waals surface area contributed by atoms with E-state index in [0.29, 0.717) is 6.67 Å². The molecule has 7 heteroatoms. The summed E-state index contributed by atoms with van der Waals surface area (Å²) in [7, 11) is 1.88. The maximum Gasteiger partial charge on any atom is 0.231 e. The molecule has 1 aliphatic heterocycles. The number of fused-ring (bicyclic) bond motifs is 1. The van der Waals surface area contributed by atoms with Crippen LogP contribution >= 0.6 is 0 Å². The van der Waals surface area contributed by atoms with Crippen LogP contribution in [0.4, 0.5) is 5.69 Å². The number of benzene rings is 1. The van der Waals surface area contributed by atoms with Crippen molar-refractivity contribution in [2.75, 3.05) is 25.2 Å². The van der Waals surface area contributed by atoms with E-state index in [2.05, 4.69) is 59.5 Å². The minimum atomic E-state index is -0.226. The number of allylic oxidation sites excluding steroid dienone is 1. The fraction of sp³-hybridized carbons (Fsp3) is 0.556. The number of nitrogens with one attached hydrogen (secondary N) is 3. The van der Waals surface area contributed by atoms with Crippen LogP contribution in [0.1, 0.15) is 64.5 Å². The molecule has 0 radical (unpaired) electrons. The first-order valence-corrected chi connectivity index (χ1v) is 12.6. The molecule has 1 aromatic carbocycles. The highest BCUT2D eigenvalue weighted by Gasteiger charge is 2.29. The van der Waals surface area contributed by atoms with Gasteiger partial charge >= 0.3 is 0 Å². The molecule has 2 heterocycles. The van der Waals surface area contributed by atoms with Gasteiger partial charge in [-0.3, -0.25) is 9.69 Å². The molecule has 1 aliphatic carbocycles. The number of hydrogen-bond acceptors (Lipinski definition) is 5. The molecule has 1 atom stereocenters. The lowest BCUT2D eigenvalue weighted by molar-refractivity contribution is -0.123. The maximum absolute atomic E-state index is 13.4. The number of amides is 1. The van der Waals surface area contributed by atoms with Gasteiger partial charge in [-0.2, -0.15) is 5.10 Å². The average molecular weight is 465 g/mol. The molecule has 184 valence electrons. The predicted octanol–water partition coefficient (Wildman–Crippen LogP) is 4.26. The van der Waals surface area contributed by atoms with Gasteiger partial charge in [-0.25, -0.2) is 0 Å². The van der Waals surface area contributed by atoms with Gasteiger partial charge in [0.1, 0.15) is 5.71 Å². The first kappa shape index (κ1) is 24.5. The third-order valence-corrected chi connectivity index (χ3v) is 7.45. The van der Waals surface area contributed by atoms with Crippen LogP contribution in [-0.4, -0.2) is 42.4 Å². The summed E-state index contributed by atoms with van der Waals surface area (Å²) in [4.78, 5) is 18.8. The highest BCUT2D eigenvalue weighted by Crippen LogP contribution is 2.32. The number of H-pyrrole nitrogens is 1. The number of hydrazone groups is 1. The van der Waals surface area contributed by atoms with Crippen LogP contribution in [-0.2, 0) is 4.79 Å². The monoisotopic (exact) mass is 464 g/mol. The zero-order chi connectivity index (χ0) is 24.3. The molecule has 0 bridgehead atoms. The average Bonchev–Trinajstić information content (AvgIpc) is 3.25. The zero-order valence-electron chi connectivity index (χ0n) is 20.9. The molecule has 0 spiro atoms. The highest BCUT2D eigenvalue weighted by atomic mass is 16.2. The van der Waals surface area contributed by atoms with E-state index >= 15 is 0 Å². The lowest BCUT2D eigenvalue weighted by Gasteiger charge is -2.31. The summed E-state index contributed by atoms with van der Waals surface area (Å²) in [6.07, 6.45) is 6.76. The summed E-state index contributed by atoms with van der Waals surface area (Å²) in [6.45, 7) is 9.89. The SMILES string of the molecule is C=C1CCC(C)(N)CCN/N=C\1c1cc2ccc(N(CNC)C(=O)C3CCC(C)CC3)cc2[nH]1. The van der Waals surface area contributed by atoms with Crippen LogP contribution in [0.5, 0.6) is 0 Å². The number of nitrogens with two attached hydrogens (primary N) is 1. The Morgan fingerprint density at radius 2 is 2.03 bits per heavy atom. The Hall–Kier alpha value is -2.64.